The molecule has 1 N–H and O–H groups in total. The molecule has 1 fully saturated rings. The Bertz CT molecular complexity index is 540. The monoisotopic (exact) mass is 317 g/mol. The zero-order valence-corrected chi connectivity index (χ0v) is 12.3. The van der Waals surface area contributed by atoms with Crippen molar-refractivity contribution in [2.45, 2.75) is 25.3 Å². The smallest absolute Gasteiger partial charge is 0.135 e. The molecule has 0 aromatic heterocycles. The van der Waals surface area contributed by atoms with Crippen LogP contribution < -0.4 is 5.32 Å². The van der Waals surface area contributed by atoms with E-state index in [1.54, 1.807) is 0 Å². The zero-order valence-electron chi connectivity index (χ0n) is 10.7. The second-order valence-electron chi connectivity index (χ2n) is 4.85. The summed E-state index contributed by atoms with van der Waals surface area (Å²) in [5, 5.41) is 3.50. The van der Waals surface area contributed by atoms with Crippen molar-refractivity contribution in [1.82, 2.24) is 5.32 Å². The van der Waals surface area contributed by atoms with Crippen molar-refractivity contribution in [3.05, 3.63) is 70.2 Å². The summed E-state index contributed by atoms with van der Waals surface area (Å²) in [4.78, 5) is 0. The van der Waals surface area contributed by atoms with Crippen molar-refractivity contribution in [1.29, 1.82) is 0 Å². The highest BCUT2D eigenvalue weighted by Gasteiger charge is 2.33. The number of halogens is 1. The van der Waals surface area contributed by atoms with Gasteiger partial charge in [0.15, 0.2) is 0 Å². The Morgan fingerprint density at radius 1 is 0.947 bits per heavy atom. The van der Waals surface area contributed by atoms with Gasteiger partial charge in [0, 0.05) is 10.5 Å². The lowest BCUT2D eigenvalue weighted by Gasteiger charge is -2.14. The lowest BCUT2D eigenvalue weighted by Crippen LogP contribution is -2.23. The Morgan fingerprint density at radius 3 is 2.32 bits per heavy atom. The molecule has 2 unspecified atom stereocenters. The van der Waals surface area contributed by atoms with Crippen molar-refractivity contribution >= 4 is 15.9 Å². The normalized spacial score (nSPS) is 26.5. The van der Waals surface area contributed by atoms with E-state index in [2.05, 4.69) is 64.6 Å². The summed E-state index contributed by atoms with van der Waals surface area (Å²) < 4.78 is 7.24. The largest absolute Gasteiger partial charge is 0.350 e. The average Bonchev–Trinajstić information content (AvgIpc) is 2.83. The number of rotatable bonds is 2. The predicted molar refractivity (Wildman–Crippen MR) is 79.7 cm³/mol. The first-order chi connectivity index (χ1) is 9.24. The minimum atomic E-state index is -0.0340. The molecule has 98 valence electrons. The van der Waals surface area contributed by atoms with E-state index in [4.69, 9.17) is 4.74 Å². The molecule has 0 spiro atoms. The summed E-state index contributed by atoms with van der Waals surface area (Å²) >= 11 is 3.45. The van der Waals surface area contributed by atoms with E-state index in [-0.39, 0.29) is 12.3 Å². The van der Waals surface area contributed by atoms with Gasteiger partial charge in [-0.1, -0.05) is 58.4 Å². The van der Waals surface area contributed by atoms with Crippen LogP contribution in [0.15, 0.2) is 59.1 Å². The molecule has 3 rings (SSSR count). The number of hydrogen-bond acceptors (Lipinski definition) is 2. The molecule has 2 nitrogen and oxygen atoms in total. The molecule has 2 aromatic rings. The topological polar surface area (TPSA) is 21.3 Å². The Morgan fingerprint density at radius 2 is 1.63 bits per heavy atom. The number of benzene rings is 2. The van der Waals surface area contributed by atoms with Crippen molar-refractivity contribution in [3.8, 4) is 0 Å². The van der Waals surface area contributed by atoms with Gasteiger partial charge in [0.05, 0.1) is 0 Å². The van der Waals surface area contributed by atoms with Crippen LogP contribution in [0.1, 0.15) is 30.4 Å². The van der Waals surface area contributed by atoms with E-state index in [1.165, 1.54) is 5.56 Å². The minimum absolute atomic E-state index is 0.0340. The van der Waals surface area contributed by atoms with Crippen LogP contribution in [0.2, 0.25) is 0 Å². The maximum atomic E-state index is 6.16. The van der Waals surface area contributed by atoms with Crippen LogP contribution in [0.5, 0.6) is 0 Å². The summed E-state index contributed by atoms with van der Waals surface area (Å²) in [6, 6.07) is 18.9. The zero-order chi connectivity index (χ0) is 13.2. The average molecular weight is 318 g/mol. The van der Waals surface area contributed by atoms with Gasteiger partial charge >= 0.3 is 0 Å². The van der Waals surface area contributed by atoms with E-state index in [0.717, 1.165) is 10.0 Å². The molecule has 0 radical (unpaired) electrons. The lowest BCUT2D eigenvalue weighted by atomic mass is 10.0. The van der Waals surface area contributed by atoms with E-state index < -0.39 is 0 Å². The van der Waals surface area contributed by atoms with E-state index in [9.17, 15) is 0 Å². The van der Waals surface area contributed by atoms with Crippen LogP contribution in [0.25, 0.3) is 0 Å². The summed E-state index contributed by atoms with van der Waals surface area (Å²) in [6.45, 7) is 2.16. The highest BCUT2D eigenvalue weighted by Crippen LogP contribution is 2.34. The first kappa shape index (κ1) is 12.9. The molecule has 0 saturated carbocycles. The van der Waals surface area contributed by atoms with Gasteiger partial charge in [0.1, 0.15) is 12.3 Å². The third-order valence-electron chi connectivity index (χ3n) is 3.45. The number of hydrogen-bond donors (Lipinski definition) is 1. The molecule has 3 heteroatoms. The van der Waals surface area contributed by atoms with Gasteiger partial charge in [-0.05, 0) is 30.2 Å². The summed E-state index contributed by atoms with van der Waals surface area (Å²) in [5.74, 6) is 0. The molecule has 1 heterocycles. The Labute approximate surface area is 121 Å². The fraction of sp³-hybridized carbons (Fsp3) is 0.250. The molecule has 19 heavy (non-hydrogen) atoms. The highest BCUT2D eigenvalue weighted by atomic mass is 79.9. The highest BCUT2D eigenvalue weighted by molar-refractivity contribution is 9.10. The molecule has 1 saturated heterocycles. The van der Waals surface area contributed by atoms with Gasteiger partial charge in [-0.3, -0.25) is 5.32 Å². The van der Waals surface area contributed by atoms with Crippen LogP contribution in [-0.2, 0) is 4.74 Å². The third kappa shape index (κ3) is 2.73. The second-order valence-corrected chi connectivity index (χ2v) is 5.77. The number of nitrogens with one attached hydrogen (secondary N) is 1. The van der Waals surface area contributed by atoms with E-state index in [1.807, 2.05) is 18.2 Å². The first-order valence-electron chi connectivity index (χ1n) is 6.46. The van der Waals surface area contributed by atoms with Crippen LogP contribution in [0.3, 0.4) is 0 Å². The van der Waals surface area contributed by atoms with Crippen molar-refractivity contribution in [3.63, 3.8) is 0 Å². The molecule has 3 atom stereocenters. The molecular weight excluding hydrogens is 302 g/mol. The van der Waals surface area contributed by atoms with Gasteiger partial charge in [0.25, 0.3) is 0 Å². The number of ether oxygens (including phenoxy) is 1. The van der Waals surface area contributed by atoms with Crippen molar-refractivity contribution in [2.75, 3.05) is 0 Å². The second kappa shape index (κ2) is 5.45. The molecule has 2 aromatic carbocycles. The van der Waals surface area contributed by atoms with Crippen LogP contribution in [0, 0.1) is 0 Å². The molecule has 0 amide bonds. The molecule has 0 aliphatic carbocycles. The van der Waals surface area contributed by atoms with Crippen LogP contribution >= 0.6 is 15.9 Å². The molecule has 1 aliphatic rings. The summed E-state index contributed by atoms with van der Waals surface area (Å²) in [6.07, 6.45) is 0.0724. The summed E-state index contributed by atoms with van der Waals surface area (Å²) in [7, 11) is 0. The van der Waals surface area contributed by atoms with Gasteiger partial charge in [-0.15, -0.1) is 0 Å². The van der Waals surface area contributed by atoms with Crippen molar-refractivity contribution < 1.29 is 4.74 Å². The van der Waals surface area contributed by atoms with E-state index >= 15 is 0 Å². The quantitative estimate of drug-likeness (QED) is 0.896. The molecular formula is C16H16BrNO. The fourth-order valence-corrected chi connectivity index (χ4v) is 2.72. The lowest BCUT2D eigenvalue weighted by molar-refractivity contribution is 0.0363. The third-order valence-corrected chi connectivity index (χ3v) is 3.98. The first-order valence-corrected chi connectivity index (χ1v) is 7.25. The molecule has 1 aliphatic heterocycles. The molecule has 0 bridgehead atoms. The maximum absolute atomic E-state index is 6.16. The summed E-state index contributed by atoms with van der Waals surface area (Å²) in [5.41, 5.74) is 2.38. The predicted octanol–water partition coefficient (Wildman–Crippen LogP) is 4.20. The van der Waals surface area contributed by atoms with E-state index in [0.29, 0.717) is 6.04 Å². The Balaban J connectivity index is 1.80. The van der Waals surface area contributed by atoms with Gasteiger partial charge < -0.3 is 4.74 Å². The van der Waals surface area contributed by atoms with Crippen LogP contribution in [-0.4, -0.2) is 6.04 Å². The Hall–Kier alpha value is -1.16. The van der Waals surface area contributed by atoms with Crippen molar-refractivity contribution in [2.24, 2.45) is 0 Å². The Kier molecular flexibility index (Phi) is 3.69. The van der Waals surface area contributed by atoms with Gasteiger partial charge in [-0.25, -0.2) is 0 Å². The minimum Gasteiger partial charge on any atom is -0.350 e. The SMILES string of the molecule is C[C@H]1NC(c2ccc(Br)cc2)OC1c1ccccc1. The maximum Gasteiger partial charge on any atom is 0.135 e. The fourth-order valence-electron chi connectivity index (χ4n) is 2.45. The van der Waals surface area contributed by atoms with Gasteiger partial charge in [-0.2, -0.15) is 0 Å². The standard InChI is InChI=1S/C16H16BrNO/c1-11-15(12-5-3-2-4-6-12)19-16(18-11)13-7-9-14(17)10-8-13/h2-11,15-16,18H,1H3/t11-,15?,16?/m1/s1. The van der Waals surface area contributed by atoms with Crippen LogP contribution in [0.4, 0.5) is 0 Å². The van der Waals surface area contributed by atoms with Gasteiger partial charge in [0.2, 0.25) is 0 Å².